The van der Waals surface area contributed by atoms with Crippen molar-refractivity contribution in [3.63, 3.8) is 0 Å². The molecule has 0 aliphatic rings. The van der Waals surface area contributed by atoms with Gasteiger partial charge in [-0.2, -0.15) is 4.98 Å². The van der Waals surface area contributed by atoms with Gasteiger partial charge in [-0.3, -0.25) is 9.97 Å². The highest BCUT2D eigenvalue weighted by atomic mass is 16.5. The van der Waals surface area contributed by atoms with Crippen molar-refractivity contribution in [3.8, 4) is 29.1 Å². The number of nitrogens with zero attached hydrogens (tertiary/aromatic N) is 4. The van der Waals surface area contributed by atoms with Crippen molar-refractivity contribution in [2.24, 2.45) is 0 Å². The van der Waals surface area contributed by atoms with Crippen molar-refractivity contribution >= 4 is 0 Å². The summed E-state index contributed by atoms with van der Waals surface area (Å²) in [6.45, 7) is 0.0358. The van der Waals surface area contributed by atoms with Gasteiger partial charge in [-0.15, -0.1) is 0 Å². The normalized spacial score (nSPS) is 10.2. The lowest BCUT2D eigenvalue weighted by atomic mass is 10.3. The molecular weight excluding hydrogens is 312 g/mol. The monoisotopic (exact) mass is 326 g/mol. The predicted octanol–water partition coefficient (Wildman–Crippen LogP) is 2.22. The summed E-state index contributed by atoms with van der Waals surface area (Å²) in [6, 6.07) is 7.00. The van der Waals surface area contributed by atoms with Crippen molar-refractivity contribution in [1.29, 1.82) is 0 Å². The Morgan fingerprint density at radius 1 is 0.875 bits per heavy atom. The summed E-state index contributed by atoms with van der Waals surface area (Å²) >= 11 is 0. The van der Waals surface area contributed by atoms with Gasteiger partial charge in [0.25, 0.3) is 0 Å². The molecule has 0 unspecified atom stereocenters. The first kappa shape index (κ1) is 15.6. The average molecular weight is 326 g/mol. The summed E-state index contributed by atoms with van der Waals surface area (Å²) < 4.78 is 16.4. The molecule has 0 aliphatic heterocycles. The van der Waals surface area contributed by atoms with E-state index in [0.717, 1.165) is 0 Å². The molecule has 24 heavy (non-hydrogen) atoms. The number of benzene rings is 1. The highest BCUT2D eigenvalue weighted by molar-refractivity contribution is 5.36. The lowest BCUT2D eigenvalue weighted by Gasteiger charge is -2.08. The van der Waals surface area contributed by atoms with Gasteiger partial charge < -0.3 is 19.3 Å². The highest BCUT2D eigenvalue weighted by Gasteiger charge is 2.05. The van der Waals surface area contributed by atoms with Crippen LogP contribution in [0.15, 0.2) is 55.2 Å². The zero-order valence-electron chi connectivity index (χ0n) is 12.6. The molecule has 8 heteroatoms. The van der Waals surface area contributed by atoms with Crippen molar-refractivity contribution in [2.45, 2.75) is 0 Å². The topological polar surface area (TPSA) is 99.5 Å². The maximum atomic E-state index is 8.76. The van der Waals surface area contributed by atoms with Crippen LogP contribution in [0.25, 0.3) is 0 Å². The second-order valence-corrected chi connectivity index (χ2v) is 4.49. The molecule has 0 bridgehead atoms. The van der Waals surface area contributed by atoms with Crippen LogP contribution < -0.4 is 14.2 Å². The smallest absolute Gasteiger partial charge is 0.241 e. The molecule has 3 aromatic rings. The van der Waals surface area contributed by atoms with Crippen LogP contribution in [0.5, 0.6) is 29.1 Å². The van der Waals surface area contributed by atoms with E-state index in [1.54, 1.807) is 36.7 Å². The molecule has 0 saturated heterocycles. The first-order valence-corrected chi connectivity index (χ1v) is 7.11. The molecule has 1 N–H and O–H groups in total. The molecule has 8 nitrogen and oxygen atoms in total. The van der Waals surface area contributed by atoms with E-state index < -0.39 is 0 Å². The first-order chi connectivity index (χ1) is 11.8. The molecule has 0 aliphatic carbocycles. The molecule has 0 saturated carbocycles. The summed E-state index contributed by atoms with van der Waals surface area (Å²) in [7, 11) is 0. The van der Waals surface area contributed by atoms with E-state index in [2.05, 4.69) is 19.9 Å². The number of ether oxygens (including phenoxy) is 3. The molecule has 3 rings (SSSR count). The van der Waals surface area contributed by atoms with Gasteiger partial charge in [0.05, 0.1) is 25.2 Å². The van der Waals surface area contributed by atoms with Gasteiger partial charge in [-0.05, 0) is 12.1 Å². The second-order valence-electron chi connectivity index (χ2n) is 4.49. The zero-order chi connectivity index (χ0) is 16.6. The fourth-order valence-corrected chi connectivity index (χ4v) is 1.78. The van der Waals surface area contributed by atoms with Gasteiger partial charge >= 0.3 is 0 Å². The molecule has 0 atom stereocenters. The minimum absolute atomic E-state index is 0.103. The van der Waals surface area contributed by atoms with Crippen LogP contribution in [0.4, 0.5) is 0 Å². The Morgan fingerprint density at radius 2 is 1.62 bits per heavy atom. The Morgan fingerprint density at radius 3 is 2.38 bits per heavy atom. The van der Waals surface area contributed by atoms with E-state index in [1.807, 2.05) is 0 Å². The third-order valence-electron chi connectivity index (χ3n) is 2.72. The van der Waals surface area contributed by atoms with E-state index in [4.69, 9.17) is 19.3 Å². The van der Waals surface area contributed by atoms with E-state index in [9.17, 15) is 0 Å². The molecule has 2 aromatic heterocycles. The standard InChI is InChI=1S/C16H14N4O4/c21-6-7-22-15-10-18-11-16(20-15)24-13-3-1-2-12(8-13)23-14-9-17-4-5-19-14/h1-5,8-11,21H,6-7H2. The van der Waals surface area contributed by atoms with Crippen molar-refractivity contribution in [2.75, 3.05) is 13.2 Å². The molecule has 1 aromatic carbocycles. The van der Waals surface area contributed by atoms with E-state index in [-0.39, 0.29) is 25.0 Å². The number of aliphatic hydroxyl groups excluding tert-OH is 1. The zero-order valence-corrected chi connectivity index (χ0v) is 12.6. The summed E-state index contributed by atoms with van der Waals surface area (Å²) in [4.78, 5) is 16.1. The minimum Gasteiger partial charge on any atom is -0.474 e. The molecule has 0 fully saturated rings. The molecule has 0 amide bonds. The number of hydrogen-bond donors (Lipinski definition) is 1. The Balaban J connectivity index is 1.70. The van der Waals surface area contributed by atoms with Gasteiger partial charge in [0.2, 0.25) is 17.6 Å². The lowest BCUT2D eigenvalue weighted by Crippen LogP contribution is -2.03. The summed E-state index contributed by atoms with van der Waals surface area (Å²) in [5, 5.41) is 8.76. The van der Waals surface area contributed by atoms with Crippen molar-refractivity contribution in [1.82, 2.24) is 19.9 Å². The average Bonchev–Trinajstić information content (AvgIpc) is 2.61. The van der Waals surface area contributed by atoms with Gasteiger partial charge in [0.15, 0.2) is 0 Å². The second kappa shape index (κ2) is 7.84. The third kappa shape index (κ3) is 4.37. The lowest BCUT2D eigenvalue weighted by molar-refractivity contribution is 0.195. The van der Waals surface area contributed by atoms with Crippen LogP contribution in [-0.2, 0) is 0 Å². The molecule has 0 spiro atoms. The van der Waals surface area contributed by atoms with Crippen molar-refractivity contribution in [3.05, 3.63) is 55.2 Å². The van der Waals surface area contributed by atoms with Gasteiger partial charge in [-0.1, -0.05) is 6.07 Å². The summed E-state index contributed by atoms with van der Waals surface area (Å²) in [6.07, 6.45) is 7.53. The fraction of sp³-hybridized carbons (Fsp3) is 0.125. The number of aliphatic hydroxyl groups is 1. The maximum absolute atomic E-state index is 8.76. The van der Waals surface area contributed by atoms with E-state index in [1.165, 1.54) is 18.6 Å². The molecular formula is C16H14N4O4. The van der Waals surface area contributed by atoms with Crippen LogP contribution in [0.1, 0.15) is 0 Å². The number of aromatic nitrogens is 4. The van der Waals surface area contributed by atoms with Crippen molar-refractivity contribution < 1.29 is 19.3 Å². The number of hydrogen-bond acceptors (Lipinski definition) is 8. The first-order valence-electron chi connectivity index (χ1n) is 7.11. The Labute approximate surface area is 137 Å². The van der Waals surface area contributed by atoms with Crippen LogP contribution >= 0.6 is 0 Å². The molecule has 2 heterocycles. The largest absolute Gasteiger partial charge is 0.474 e. The highest BCUT2D eigenvalue weighted by Crippen LogP contribution is 2.26. The van der Waals surface area contributed by atoms with E-state index in [0.29, 0.717) is 17.4 Å². The van der Waals surface area contributed by atoms with Gasteiger partial charge in [0.1, 0.15) is 18.1 Å². The van der Waals surface area contributed by atoms with Crippen LogP contribution in [0, 0.1) is 0 Å². The quantitative estimate of drug-likeness (QED) is 0.705. The third-order valence-corrected chi connectivity index (χ3v) is 2.72. The molecule has 122 valence electrons. The van der Waals surface area contributed by atoms with Crippen LogP contribution in [0.3, 0.4) is 0 Å². The summed E-state index contributed by atoms with van der Waals surface area (Å²) in [5.41, 5.74) is 0. The van der Waals surface area contributed by atoms with E-state index >= 15 is 0 Å². The Hall–Kier alpha value is -3.26. The van der Waals surface area contributed by atoms with Crippen LogP contribution in [0.2, 0.25) is 0 Å². The predicted molar refractivity (Wildman–Crippen MR) is 83.2 cm³/mol. The Bertz CT molecular complexity index is 786. The fourth-order valence-electron chi connectivity index (χ4n) is 1.78. The van der Waals surface area contributed by atoms with Gasteiger partial charge in [0, 0.05) is 18.5 Å². The SMILES string of the molecule is OCCOc1cncc(Oc2cccc(Oc3cnccn3)c2)n1. The number of rotatable bonds is 7. The molecule has 0 radical (unpaired) electrons. The minimum atomic E-state index is -0.103. The van der Waals surface area contributed by atoms with Crippen LogP contribution in [-0.4, -0.2) is 38.3 Å². The Kier molecular flexibility index (Phi) is 5.10. The summed E-state index contributed by atoms with van der Waals surface area (Å²) in [5.74, 6) is 1.99. The maximum Gasteiger partial charge on any atom is 0.241 e. The van der Waals surface area contributed by atoms with Gasteiger partial charge in [-0.25, -0.2) is 4.98 Å².